The first-order valence-electron chi connectivity index (χ1n) is 9.97. The van der Waals surface area contributed by atoms with Crippen LogP contribution in [0.3, 0.4) is 0 Å². The summed E-state index contributed by atoms with van der Waals surface area (Å²) in [7, 11) is -0.196. The maximum atomic E-state index is 13.8. The second-order valence-electron chi connectivity index (χ2n) is 7.40. The third kappa shape index (κ3) is 5.67. The number of hydrogen-bond acceptors (Lipinski definition) is 5. The zero-order valence-electron chi connectivity index (χ0n) is 17.9. The molecule has 32 heavy (non-hydrogen) atoms. The van der Waals surface area contributed by atoms with Crippen molar-refractivity contribution in [2.45, 2.75) is 11.4 Å². The summed E-state index contributed by atoms with van der Waals surface area (Å²) in [6, 6.07) is 22.7. The molecule has 0 aliphatic heterocycles. The molecule has 0 saturated heterocycles. The van der Waals surface area contributed by atoms with Crippen LogP contribution in [-0.2, 0) is 16.6 Å². The smallest absolute Gasteiger partial charge is 0.247 e. The standard InChI is InChI=1S/C24H24ClN3O3S/c1-27(2)15-16-28(18-19-9-4-3-5-10-19)32(29,30)23-14-8-12-21(25)24(23)31-22-13-7-6-11-20(22)17-26/h3-14H,15-16,18H2,1-2H3. The summed E-state index contributed by atoms with van der Waals surface area (Å²) in [6.45, 7) is 1.03. The Balaban J connectivity index is 2.04. The van der Waals surface area contributed by atoms with Gasteiger partial charge in [-0.05, 0) is 43.9 Å². The van der Waals surface area contributed by atoms with Gasteiger partial charge in [-0.25, -0.2) is 8.42 Å². The molecule has 0 saturated carbocycles. The quantitative estimate of drug-likeness (QED) is 0.452. The highest BCUT2D eigenvalue weighted by atomic mass is 35.5. The monoisotopic (exact) mass is 469 g/mol. The van der Waals surface area contributed by atoms with Crippen LogP contribution < -0.4 is 4.74 Å². The van der Waals surface area contributed by atoms with Gasteiger partial charge in [-0.3, -0.25) is 0 Å². The lowest BCUT2D eigenvalue weighted by Gasteiger charge is -2.25. The summed E-state index contributed by atoms with van der Waals surface area (Å²) in [5.41, 5.74) is 1.15. The molecule has 0 spiro atoms. The molecule has 3 rings (SSSR count). The van der Waals surface area contributed by atoms with Crippen molar-refractivity contribution in [3.63, 3.8) is 0 Å². The molecule has 0 unspecified atom stereocenters. The number of benzene rings is 3. The number of halogens is 1. The van der Waals surface area contributed by atoms with Crippen molar-refractivity contribution in [2.24, 2.45) is 0 Å². The number of ether oxygens (including phenoxy) is 1. The molecule has 3 aromatic rings. The number of nitriles is 1. The van der Waals surface area contributed by atoms with Gasteiger partial charge < -0.3 is 9.64 Å². The molecule has 0 aliphatic carbocycles. The summed E-state index contributed by atoms with van der Waals surface area (Å²) in [6.07, 6.45) is 0. The van der Waals surface area contributed by atoms with E-state index in [0.717, 1.165) is 5.56 Å². The number of nitrogens with zero attached hydrogens (tertiary/aromatic N) is 3. The molecule has 0 aliphatic rings. The van der Waals surface area contributed by atoms with E-state index in [0.29, 0.717) is 6.54 Å². The summed E-state index contributed by atoms with van der Waals surface area (Å²) < 4.78 is 34.9. The minimum atomic E-state index is -3.97. The van der Waals surface area contributed by atoms with Crippen LogP contribution in [0.1, 0.15) is 11.1 Å². The van der Waals surface area contributed by atoms with Crippen molar-refractivity contribution in [3.8, 4) is 17.6 Å². The highest BCUT2D eigenvalue weighted by Crippen LogP contribution is 2.38. The van der Waals surface area contributed by atoms with Crippen molar-refractivity contribution in [2.75, 3.05) is 27.2 Å². The van der Waals surface area contributed by atoms with Gasteiger partial charge >= 0.3 is 0 Å². The van der Waals surface area contributed by atoms with E-state index < -0.39 is 10.0 Å². The van der Waals surface area contributed by atoms with Crippen LogP contribution >= 0.6 is 11.6 Å². The Hall–Kier alpha value is -2.89. The second kappa shape index (κ2) is 10.6. The van der Waals surface area contributed by atoms with Gasteiger partial charge in [0.2, 0.25) is 10.0 Å². The van der Waals surface area contributed by atoms with E-state index in [-0.39, 0.29) is 40.1 Å². The molecular weight excluding hydrogens is 446 g/mol. The largest absolute Gasteiger partial charge is 0.453 e. The molecule has 0 fully saturated rings. The molecule has 0 heterocycles. The van der Waals surface area contributed by atoms with Crippen LogP contribution in [0.4, 0.5) is 0 Å². The molecule has 6 nitrogen and oxygen atoms in total. The lowest BCUT2D eigenvalue weighted by molar-refractivity contribution is 0.328. The van der Waals surface area contributed by atoms with Crippen molar-refractivity contribution in [1.29, 1.82) is 5.26 Å². The van der Waals surface area contributed by atoms with Gasteiger partial charge in [0, 0.05) is 19.6 Å². The fourth-order valence-electron chi connectivity index (χ4n) is 3.07. The predicted octanol–water partition coefficient (Wildman–Crippen LogP) is 4.76. The Morgan fingerprint density at radius 2 is 1.62 bits per heavy atom. The van der Waals surface area contributed by atoms with Crippen LogP contribution in [0.5, 0.6) is 11.5 Å². The molecule has 166 valence electrons. The minimum Gasteiger partial charge on any atom is -0.453 e. The van der Waals surface area contributed by atoms with E-state index in [1.165, 1.54) is 10.4 Å². The maximum absolute atomic E-state index is 13.8. The average molecular weight is 470 g/mol. The number of para-hydroxylation sites is 2. The van der Waals surface area contributed by atoms with Gasteiger partial charge in [-0.1, -0.05) is 60.1 Å². The molecule has 0 bridgehead atoms. The van der Waals surface area contributed by atoms with Crippen LogP contribution in [0.25, 0.3) is 0 Å². The molecular formula is C24H24ClN3O3S. The Morgan fingerprint density at radius 1 is 0.938 bits per heavy atom. The summed E-state index contributed by atoms with van der Waals surface area (Å²) in [5.74, 6) is 0.238. The van der Waals surface area contributed by atoms with Gasteiger partial charge in [-0.15, -0.1) is 0 Å². The van der Waals surface area contributed by atoms with Gasteiger partial charge in [0.1, 0.15) is 16.7 Å². The SMILES string of the molecule is CN(C)CCN(Cc1ccccc1)S(=O)(=O)c1cccc(Cl)c1Oc1ccccc1C#N. The Labute approximate surface area is 194 Å². The molecule has 0 N–H and O–H groups in total. The molecule has 0 amide bonds. The van der Waals surface area contributed by atoms with Crippen LogP contribution in [-0.4, -0.2) is 44.8 Å². The topological polar surface area (TPSA) is 73.6 Å². The minimum absolute atomic E-state index is 0.000202. The third-order valence-corrected chi connectivity index (χ3v) is 6.93. The van der Waals surface area contributed by atoms with E-state index in [4.69, 9.17) is 16.3 Å². The third-order valence-electron chi connectivity index (χ3n) is 4.77. The van der Waals surface area contributed by atoms with E-state index in [1.807, 2.05) is 55.4 Å². The second-order valence-corrected chi connectivity index (χ2v) is 9.72. The first-order chi connectivity index (χ1) is 15.3. The van der Waals surface area contributed by atoms with Crippen molar-refractivity contribution in [3.05, 3.63) is 88.9 Å². The van der Waals surface area contributed by atoms with Gasteiger partial charge in [-0.2, -0.15) is 9.57 Å². The van der Waals surface area contributed by atoms with Crippen LogP contribution in [0, 0.1) is 11.3 Å². The van der Waals surface area contributed by atoms with E-state index >= 15 is 0 Å². The number of rotatable bonds is 9. The molecule has 0 radical (unpaired) electrons. The fraction of sp³-hybridized carbons (Fsp3) is 0.208. The molecule has 8 heteroatoms. The average Bonchev–Trinajstić information content (AvgIpc) is 2.78. The normalized spacial score (nSPS) is 11.5. The first kappa shape index (κ1) is 23.8. The lowest BCUT2D eigenvalue weighted by Crippen LogP contribution is -2.36. The Bertz CT molecular complexity index is 1210. The Kier molecular flexibility index (Phi) is 7.89. The summed E-state index contributed by atoms with van der Waals surface area (Å²) in [5, 5.41) is 9.52. The first-order valence-corrected chi connectivity index (χ1v) is 11.8. The number of hydrogen-bond donors (Lipinski definition) is 0. The van der Waals surface area contributed by atoms with Crippen molar-refractivity contribution < 1.29 is 13.2 Å². The molecule has 0 aromatic heterocycles. The highest BCUT2D eigenvalue weighted by molar-refractivity contribution is 7.89. The predicted molar refractivity (Wildman–Crippen MR) is 125 cm³/mol. The zero-order chi connectivity index (χ0) is 23.1. The highest BCUT2D eigenvalue weighted by Gasteiger charge is 2.29. The fourth-order valence-corrected chi connectivity index (χ4v) is 4.90. The maximum Gasteiger partial charge on any atom is 0.247 e. The molecule has 3 aromatic carbocycles. The zero-order valence-corrected chi connectivity index (χ0v) is 19.5. The van der Waals surface area contributed by atoms with Crippen molar-refractivity contribution >= 4 is 21.6 Å². The molecule has 0 atom stereocenters. The summed E-state index contributed by atoms with van der Waals surface area (Å²) >= 11 is 6.37. The number of likely N-dealkylation sites (N-methyl/N-ethyl adjacent to an activating group) is 1. The summed E-state index contributed by atoms with van der Waals surface area (Å²) in [4.78, 5) is 1.87. The van der Waals surface area contributed by atoms with Gasteiger partial charge in [0.05, 0.1) is 10.6 Å². The van der Waals surface area contributed by atoms with E-state index in [1.54, 1.807) is 36.4 Å². The van der Waals surface area contributed by atoms with E-state index in [9.17, 15) is 13.7 Å². The number of sulfonamides is 1. The van der Waals surface area contributed by atoms with Crippen molar-refractivity contribution in [1.82, 2.24) is 9.21 Å². The van der Waals surface area contributed by atoms with Gasteiger partial charge in [0.15, 0.2) is 5.75 Å². The Morgan fingerprint density at radius 3 is 2.31 bits per heavy atom. The van der Waals surface area contributed by atoms with Gasteiger partial charge in [0.25, 0.3) is 0 Å². The lowest BCUT2D eigenvalue weighted by atomic mass is 10.2. The van der Waals surface area contributed by atoms with E-state index in [2.05, 4.69) is 0 Å². The van der Waals surface area contributed by atoms with Crippen LogP contribution in [0.2, 0.25) is 5.02 Å². The van der Waals surface area contributed by atoms with Crippen LogP contribution in [0.15, 0.2) is 77.7 Å².